The third-order valence-corrected chi connectivity index (χ3v) is 3.32. The first-order valence-electron chi connectivity index (χ1n) is 5.17. The number of rotatable bonds is 3. The largest absolute Gasteiger partial charge is 0.385 e. The van der Waals surface area contributed by atoms with Gasteiger partial charge < -0.3 is 9.67 Å². The van der Waals surface area contributed by atoms with E-state index in [0.29, 0.717) is 16.7 Å². The van der Waals surface area contributed by atoms with Gasteiger partial charge in [0, 0.05) is 30.3 Å². The van der Waals surface area contributed by atoms with Crippen molar-refractivity contribution in [1.29, 1.82) is 0 Å². The lowest BCUT2D eigenvalue weighted by molar-refractivity contribution is 0.165. The Kier molecular flexibility index (Phi) is 3.59. The number of hydrogen-bond donors (Lipinski definition) is 1. The van der Waals surface area contributed by atoms with Crippen molar-refractivity contribution in [2.75, 3.05) is 0 Å². The molecule has 17 heavy (non-hydrogen) atoms. The van der Waals surface area contributed by atoms with E-state index < -0.39 is 6.10 Å². The van der Waals surface area contributed by atoms with Gasteiger partial charge in [0.1, 0.15) is 17.7 Å². The van der Waals surface area contributed by atoms with E-state index in [9.17, 15) is 9.50 Å². The van der Waals surface area contributed by atoms with Crippen LogP contribution in [0, 0.1) is 5.82 Å². The normalized spacial score (nSPS) is 12.7. The van der Waals surface area contributed by atoms with Crippen LogP contribution in [-0.4, -0.2) is 14.7 Å². The molecular formula is C12H12BrFN2O. The first-order valence-corrected chi connectivity index (χ1v) is 5.96. The summed E-state index contributed by atoms with van der Waals surface area (Å²) in [7, 11) is 1.82. The zero-order valence-corrected chi connectivity index (χ0v) is 10.9. The van der Waals surface area contributed by atoms with Crippen molar-refractivity contribution < 1.29 is 9.50 Å². The number of aliphatic hydroxyl groups excluding tert-OH is 1. The summed E-state index contributed by atoms with van der Waals surface area (Å²) in [4.78, 5) is 4.08. The van der Waals surface area contributed by atoms with Crippen LogP contribution in [0.25, 0.3) is 0 Å². The standard InChI is InChI=1S/C12H12BrFN2O/c1-16-5-4-15-12(16)11(17)6-8-2-3-9(14)7-10(8)13/h2-5,7,11,17H,6H2,1H3. The summed E-state index contributed by atoms with van der Waals surface area (Å²) in [5.41, 5.74) is 0.849. The van der Waals surface area contributed by atoms with Crippen LogP contribution in [0.5, 0.6) is 0 Å². The fourth-order valence-corrected chi connectivity index (χ4v) is 2.20. The first kappa shape index (κ1) is 12.3. The first-order chi connectivity index (χ1) is 8.08. The molecule has 2 rings (SSSR count). The number of aryl methyl sites for hydroxylation is 1. The summed E-state index contributed by atoms with van der Waals surface area (Å²) in [6.45, 7) is 0. The Morgan fingerprint density at radius 2 is 2.29 bits per heavy atom. The minimum absolute atomic E-state index is 0.299. The molecule has 1 atom stereocenters. The fourth-order valence-electron chi connectivity index (χ4n) is 1.69. The van der Waals surface area contributed by atoms with Crippen LogP contribution in [0.3, 0.4) is 0 Å². The highest BCUT2D eigenvalue weighted by Crippen LogP contribution is 2.23. The van der Waals surface area contributed by atoms with Crippen molar-refractivity contribution in [2.24, 2.45) is 7.05 Å². The number of hydrogen-bond acceptors (Lipinski definition) is 2. The zero-order valence-electron chi connectivity index (χ0n) is 9.27. The van der Waals surface area contributed by atoms with Crippen LogP contribution in [-0.2, 0) is 13.5 Å². The van der Waals surface area contributed by atoms with Crippen LogP contribution in [0.15, 0.2) is 35.1 Å². The van der Waals surface area contributed by atoms with E-state index in [2.05, 4.69) is 20.9 Å². The Bertz CT molecular complexity index is 527. The molecule has 0 saturated carbocycles. The molecule has 3 nitrogen and oxygen atoms in total. The van der Waals surface area contributed by atoms with Crippen LogP contribution < -0.4 is 0 Å². The summed E-state index contributed by atoms with van der Waals surface area (Å²) in [6, 6.07) is 4.43. The van der Waals surface area contributed by atoms with Crippen molar-refractivity contribution in [2.45, 2.75) is 12.5 Å². The molecule has 90 valence electrons. The summed E-state index contributed by atoms with van der Waals surface area (Å²) < 4.78 is 15.3. The molecule has 0 aliphatic heterocycles. The summed E-state index contributed by atoms with van der Waals surface area (Å²) in [5.74, 6) is 0.299. The van der Waals surface area contributed by atoms with Gasteiger partial charge in [0.15, 0.2) is 0 Å². The summed E-state index contributed by atoms with van der Waals surface area (Å²) >= 11 is 3.28. The van der Waals surface area contributed by atoms with Gasteiger partial charge in [0.2, 0.25) is 0 Å². The molecule has 1 heterocycles. The van der Waals surface area contributed by atoms with Gasteiger partial charge in [0.05, 0.1) is 0 Å². The van der Waals surface area contributed by atoms with Gasteiger partial charge in [-0.3, -0.25) is 0 Å². The highest BCUT2D eigenvalue weighted by molar-refractivity contribution is 9.10. The minimum atomic E-state index is -0.697. The molecule has 0 bridgehead atoms. The lowest BCUT2D eigenvalue weighted by Crippen LogP contribution is -2.08. The van der Waals surface area contributed by atoms with Gasteiger partial charge in [-0.25, -0.2) is 9.37 Å². The molecule has 0 aliphatic rings. The average Bonchev–Trinajstić information content (AvgIpc) is 2.68. The van der Waals surface area contributed by atoms with Gasteiger partial charge >= 0.3 is 0 Å². The number of aliphatic hydroxyl groups is 1. The Hall–Kier alpha value is -1.20. The smallest absolute Gasteiger partial charge is 0.137 e. The quantitative estimate of drug-likeness (QED) is 0.946. The Balaban J connectivity index is 2.19. The van der Waals surface area contributed by atoms with E-state index in [-0.39, 0.29) is 5.82 Å². The lowest BCUT2D eigenvalue weighted by atomic mass is 10.1. The molecule has 2 aromatic rings. The van der Waals surface area contributed by atoms with Gasteiger partial charge in [-0.05, 0) is 17.7 Å². The SMILES string of the molecule is Cn1ccnc1C(O)Cc1ccc(F)cc1Br. The monoisotopic (exact) mass is 298 g/mol. The lowest BCUT2D eigenvalue weighted by Gasteiger charge is -2.11. The fraction of sp³-hybridized carbons (Fsp3) is 0.250. The maximum absolute atomic E-state index is 12.9. The number of halogens is 2. The summed E-state index contributed by atoms with van der Waals surface area (Å²) in [6.07, 6.45) is 3.11. The molecule has 0 radical (unpaired) electrons. The maximum Gasteiger partial charge on any atom is 0.137 e. The van der Waals surface area contributed by atoms with Gasteiger partial charge in [-0.1, -0.05) is 22.0 Å². The molecule has 0 saturated heterocycles. The van der Waals surface area contributed by atoms with Crippen molar-refractivity contribution in [3.05, 3.63) is 52.3 Å². The van der Waals surface area contributed by atoms with Crippen LogP contribution >= 0.6 is 15.9 Å². The topological polar surface area (TPSA) is 38.0 Å². The van der Waals surface area contributed by atoms with E-state index in [1.54, 1.807) is 23.0 Å². The maximum atomic E-state index is 12.9. The number of benzene rings is 1. The van der Waals surface area contributed by atoms with E-state index >= 15 is 0 Å². The molecule has 5 heteroatoms. The second kappa shape index (κ2) is 4.98. The van der Waals surface area contributed by atoms with Crippen molar-refractivity contribution in [1.82, 2.24) is 9.55 Å². The highest BCUT2D eigenvalue weighted by Gasteiger charge is 2.14. The minimum Gasteiger partial charge on any atom is -0.385 e. The van der Waals surface area contributed by atoms with E-state index in [1.807, 2.05) is 7.05 Å². The number of aromatic nitrogens is 2. The Morgan fingerprint density at radius 3 is 2.88 bits per heavy atom. The number of imidazole rings is 1. The van der Waals surface area contributed by atoms with Gasteiger partial charge in [-0.2, -0.15) is 0 Å². The molecule has 1 aromatic heterocycles. The molecular weight excluding hydrogens is 287 g/mol. The van der Waals surface area contributed by atoms with Crippen LogP contribution in [0.1, 0.15) is 17.5 Å². The Labute approximate surface area is 107 Å². The van der Waals surface area contributed by atoms with Crippen molar-refractivity contribution in [3.8, 4) is 0 Å². The predicted molar refractivity (Wildman–Crippen MR) is 66.0 cm³/mol. The Morgan fingerprint density at radius 1 is 1.53 bits per heavy atom. The second-order valence-corrected chi connectivity index (χ2v) is 4.71. The molecule has 0 fully saturated rings. The van der Waals surface area contributed by atoms with Gasteiger partial charge in [0.25, 0.3) is 0 Å². The molecule has 1 aromatic carbocycles. The van der Waals surface area contributed by atoms with Gasteiger partial charge in [-0.15, -0.1) is 0 Å². The van der Waals surface area contributed by atoms with Crippen molar-refractivity contribution in [3.63, 3.8) is 0 Å². The molecule has 0 amide bonds. The average molecular weight is 299 g/mol. The highest BCUT2D eigenvalue weighted by atomic mass is 79.9. The number of nitrogens with zero attached hydrogens (tertiary/aromatic N) is 2. The molecule has 0 aliphatic carbocycles. The summed E-state index contributed by atoms with van der Waals surface area (Å²) in [5, 5.41) is 10.0. The zero-order chi connectivity index (χ0) is 12.4. The molecule has 1 unspecified atom stereocenters. The van der Waals surface area contributed by atoms with E-state index in [1.165, 1.54) is 12.1 Å². The van der Waals surface area contributed by atoms with Crippen LogP contribution in [0.2, 0.25) is 0 Å². The second-order valence-electron chi connectivity index (χ2n) is 3.85. The van der Waals surface area contributed by atoms with Crippen molar-refractivity contribution >= 4 is 15.9 Å². The van der Waals surface area contributed by atoms with E-state index in [0.717, 1.165) is 5.56 Å². The predicted octanol–water partition coefficient (Wildman–Crippen LogP) is 2.60. The third-order valence-electron chi connectivity index (χ3n) is 2.58. The van der Waals surface area contributed by atoms with E-state index in [4.69, 9.17) is 0 Å². The molecule has 1 N–H and O–H groups in total. The van der Waals surface area contributed by atoms with Crippen LogP contribution in [0.4, 0.5) is 4.39 Å². The molecule has 0 spiro atoms. The third kappa shape index (κ3) is 2.73.